The van der Waals surface area contributed by atoms with Crippen molar-refractivity contribution < 1.29 is 5.11 Å². The molecule has 0 bridgehead atoms. The van der Waals surface area contributed by atoms with Crippen LogP contribution in [0.15, 0.2) is 18.2 Å². The molecule has 1 aliphatic heterocycles. The van der Waals surface area contributed by atoms with Crippen LogP contribution in [0.1, 0.15) is 30.9 Å². The van der Waals surface area contributed by atoms with Crippen LogP contribution in [0.2, 0.25) is 5.02 Å². The molecule has 3 nitrogen and oxygen atoms in total. The molecule has 0 amide bonds. The van der Waals surface area contributed by atoms with E-state index in [-0.39, 0.29) is 0 Å². The summed E-state index contributed by atoms with van der Waals surface area (Å²) >= 11 is 6.02. The summed E-state index contributed by atoms with van der Waals surface area (Å²) in [7, 11) is 0. The molecule has 96 valence electrons. The van der Waals surface area contributed by atoms with Crippen LogP contribution in [0.3, 0.4) is 0 Å². The normalized spacial score (nSPS) is 19.4. The van der Waals surface area contributed by atoms with Crippen molar-refractivity contribution in [2.45, 2.75) is 25.4 Å². The molecule has 0 radical (unpaired) electrons. The number of halogens is 1. The van der Waals surface area contributed by atoms with Gasteiger partial charge in [-0.15, -0.1) is 0 Å². The van der Waals surface area contributed by atoms with E-state index in [0.717, 1.165) is 25.2 Å². The van der Waals surface area contributed by atoms with Crippen LogP contribution in [-0.2, 0) is 5.60 Å². The van der Waals surface area contributed by atoms with Crippen molar-refractivity contribution in [2.75, 3.05) is 19.6 Å². The quantitative estimate of drug-likeness (QED) is 0.893. The first-order chi connectivity index (χ1) is 8.59. The van der Waals surface area contributed by atoms with Crippen LogP contribution in [0.5, 0.6) is 0 Å². The smallest absolute Gasteiger partial charge is 0.101 e. The number of nitriles is 1. The predicted octanol–water partition coefficient (Wildman–Crippen LogP) is 2.51. The van der Waals surface area contributed by atoms with Crippen molar-refractivity contribution in [1.82, 2.24) is 4.90 Å². The Morgan fingerprint density at radius 1 is 1.44 bits per heavy atom. The fraction of sp³-hybridized carbons (Fsp3) is 0.500. The van der Waals surface area contributed by atoms with E-state index < -0.39 is 5.60 Å². The molecule has 1 N–H and O–H groups in total. The molecule has 0 unspecified atom stereocenters. The SMILES string of the molecule is CCN1CCC(O)(c2ccc(C#N)c(Cl)c2)CC1. The predicted molar refractivity (Wildman–Crippen MR) is 71.4 cm³/mol. The van der Waals surface area contributed by atoms with Crippen molar-refractivity contribution in [3.63, 3.8) is 0 Å². The van der Waals surface area contributed by atoms with E-state index in [1.165, 1.54) is 0 Å². The van der Waals surface area contributed by atoms with Crippen LogP contribution in [0.4, 0.5) is 0 Å². The lowest BCUT2D eigenvalue weighted by atomic mass is 9.84. The van der Waals surface area contributed by atoms with Gasteiger partial charge in [-0.25, -0.2) is 0 Å². The molecular weight excluding hydrogens is 248 g/mol. The molecule has 1 heterocycles. The van der Waals surface area contributed by atoms with Crippen LogP contribution in [0.25, 0.3) is 0 Å². The average molecular weight is 265 g/mol. The molecule has 18 heavy (non-hydrogen) atoms. The highest BCUT2D eigenvalue weighted by Crippen LogP contribution is 2.34. The maximum absolute atomic E-state index is 10.7. The Morgan fingerprint density at radius 2 is 2.11 bits per heavy atom. The third-order valence-corrected chi connectivity index (χ3v) is 4.07. The standard InChI is InChI=1S/C14H17ClN2O/c1-2-17-7-5-14(18,6-8-17)12-4-3-11(10-16)13(15)9-12/h3-4,9,18H,2,5-8H2,1H3. The summed E-state index contributed by atoms with van der Waals surface area (Å²) in [5.74, 6) is 0. The van der Waals surface area contributed by atoms with Gasteiger partial charge in [0.05, 0.1) is 16.2 Å². The van der Waals surface area contributed by atoms with Crippen molar-refractivity contribution >= 4 is 11.6 Å². The second-order valence-corrected chi connectivity index (χ2v) is 5.18. The third kappa shape index (κ3) is 2.51. The van der Waals surface area contributed by atoms with Crippen LogP contribution >= 0.6 is 11.6 Å². The maximum atomic E-state index is 10.7. The first-order valence-electron chi connectivity index (χ1n) is 6.24. The Bertz CT molecular complexity index is 473. The molecule has 1 aliphatic rings. The van der Waals surface area contributed by atoms with E-state index in [4.69, 9.17) is 16.9 Å². The molecule has 0 aromatic heterocycles. The minimum Gasteiger partial charge on any atom is -0.385 e. The first-order valence-corrected chi connectivity index (χ1v) is 6.62. The molecular formula is C14H17ClN2O. The van der Waals surface area contributed by atoms with E-state index in [1.807, 2.05) is 12.1 Å². The van der Waals surface area contributed by atoms with Gasteiger partial charge in [0.2, 0.25) is 0 Å². The van der Waals surface area contributed by atoms with Gasteiger partial charge in [-0.2, -0.15) is 5.26 Å². The lowest BCUT2D eigenvalue weighted by Gasteiger charge is -2.38. The molecule has 0 saturated carbocycles. The number of likely N-dealkylation sites (tertiary alicyclic amines) is 1. The van der Waals surface area contributed by atoms with Gasteiger partial charge in [-0.1, -0.05) is 24.6 Å². The zero-order valence-corrected chi connectivity index (χ0v) is 11.2. The van der Waals surface area contributed by atoms with Crippen molar-refractivity contribution in [3.05, 3.63) is 34.3 Å². The van der Waals surface area contributed by atoms with E-state index in [1.54, 1.807) is 12.1 Å². The Hall–Kier alpha value is -1.08. The highest BCUT2D eigenvalue weighted by molar-refractivity contribution is 6.31. The molecule has 4 heteroatoms. The van der Waals surface area contributed by atoms with E-state index in [9.17, 15) is 5.11 Å². The maximum Gasteiger partial charge on any atom is 0.101 e. The van der Waals surface area contributed by atoms with E-state index >= 15 is 0 Å². The lowest BCUT2D eigenvalue weighted by Crippen LogP contribution is -2.42. The summed E-state index contributed by atoms with van der Waals surface area (Å²) in [6.07, 6.45) is 1.42. The van der Waals surface area contributed by atoms with Crippen LogP contribution < -0.4 is 0 Å². The van der Waals surface area contributed by atoms with Crippen LogP contribution in [-0.4, -0.2) is 29.6 Å². The Labute approximate surface area is 113 Å². The molecule has 0 atom stereocenters. The summed E-state index contributed by atoms with van der Waals surface area (Å²) in [4.78, 5) is 2.32. The molecule has 1 saturated heterocycles. The second-order valence-electron chi connectivity index (χ2n) is 4.77. The monoisotopic (exact) mass is 264 g/mol. The first kappa shape index (κ1) is 13.4. The van der Waals surface area contributed by atoms with Crippen molar-refractivity contribution in [2.24, 2.45) is 0 Å². The Balaban J connectivity index is 2.21. The molecule has 0 aliphatic carbocycles. The fourth-order valence-corrected chi connectivity index (χ4v) is 2.65. The summed E-state index contributed by atoms with van der Waals surface area (Å²) < 4.78 is 0. The molecule has 1 aromatic carbocycles. The molecule has 2 rings (SSSR count). The summed E-state index contributed by atoms with van der Waals surface area (Å²) in [5, 5.41) is 19.9. The van der Waals surface area contributed by atoms with Gasteiger partial charge < -0.3 is 10.0 Å². The topological polar surface area (TPSA) is 47.3 Å². The van der Waals surface area contributed by atoms with Gasteiger partial charge in [-0.05, 0) is 37.1 Å². The number of hydrogen-bond acceptors (Lipinski definition) is 3. The second kappa shape index (κ2) is 5.27. The minimum absolute atomic E-state index is 0.418. The molecule has 0 spiro atoms. The fourth-order valence-electron chi connectivity index (χ4n) is 2.42. The summed E-state index contributed by atoms with van der Waals surface area (Å²) in [5.41, 5.74) is 0.473. The van der Waals surface area contributed by atoms with Gasteiger partial charge >= 0.3 is 0 Å². The van der Waals surface area contributed by atoms with Gasteiger partial charge in [0.1, 0.15) is 6.07 Å². The molecule has 1 fully saturated rings. The summed E-state index contributed by atoms with van der Waals surface area (Å²) in [6.45, 7) is 4.93. The van der Waals surface area contributed by atoms with Crippen molar-refractivity contribution in [1.29, 1.82) is 5.26 Å². The highest BCUT2D eigenvalue weighted by Gasteiger charge is 2.33. The lowest BCUT2D eigenvalue weighted by molar-refractivity contribution is -0.0246. The van der Waals surface area contributed by atoms with Gasteiger partial charge in [0, 0.05) is 13.1 Å². The van der Waals surface area contributed by atoms with E-state index in [0.29, 0.717) is 23.4 Å². The Morgan fingerprint density at radius 3 is 2.61 bits per heavy atom. The number of benzene rings is 1. The number of hydrogen-bond donors (Lipinski definition) is 1. The number of rotatable bonds is 2. The number of piperidine rings is 1. The molecule has 1 aromatic rings. The minimum atomic E-state index is -0.802. The zero-order chi connectivity index (χ0) is 13.2. The average Bonchev–Trinajstić information content (AvgIpc) is 2.39. The summed E-state index contributed by atoms with van der Waals surface area (Å²) in [6, 6.07) is 7.25. The highest BCUT2D eigenvalue weighted by atomic mass is 35.5. The zero-order valence-electron chi connectivity index (χ0n) is 10.5. The van der Waals surface area contributed by atoms with Gasteiger partial charge in [0.25, 0.3) is 0 Å². The Kier molecular flexibility index (Phi) is 3.91. The third-order valence-electron chi connectivity index (χ3n) is 3.76. The number of nitrogens with zero attached hydrogens (tertiary/aromatic N) is 2. The van der Waals surface area contributed by atoms with Gasteiger partial charge in [0.15, 0.2) is 0 Å². The largest absolute Gasteiger partial charge is 0.385 e. The van der Waals surface area contributed by atoms with Crippen molar-refractivity contribution in [3.8, 4) is 6.07 Å². The van der Waals surface area contributed by atoms with Crippen LogP contribution in [0, 0.1) is 11.3 Å². The van der Waals surface area contributed by atoms with E-state index in [2.05, 4.69) is 11.8 Å². The van der Waals surface area contributed by atoms with Gasteiger partial charge in [-0.3, -0.25) is 0 Å². The number of aliphatic hydroxyl groups is 1.